The van der Waals surface area contributed by atoms with Crippen molar-refractivity contribution < 1.29 is 17.2 Å². The number of H-pyrrole nitrogens is 1. The Kier molecular flexibility index (Phi) is 6.50. The standard InChI is InChI=1S/C26H32N4O.ClH/c1-18-7-8-23-21(15-18)22-16-30(10-9-24(22)27-23)26(31)17-28-11-13-29(14-12-28)25-6-4-5-19(2)20(25)3;/h4-8,15,27H,9-14,16-17H2,1-3H3;1H/p-1. The van der Waals surface area contributed by atoms with Crippen LogP contribution in [0.3, 0.4) is 0 Å². The second-order valence-corrected chi connectivity index (χ2v) is 9.18. The van der Waals surface area contributed by atoms with E-state index in [1.807, 2.05) is 0 Å². The van der Waals surface area contributed by atoms with Crippen LogP contribution < -0.4 is 17.3 Å². The van der Waals surface area contributed by atoms with Crippen LogP contribution in [0.5, 0.6) is 0 Å². The Balaban J connectivity index is 0.00000245. The van der Waals surface area contributed by atoms with Crippen molar-refractivity contribution in [2.75, 3.05) is 44.2 Å². The first-order valence-electron chi connectivity index (χ1n) is 11.4. The molecule has 6 heteroatoms. The van der Waals surface area contributed by atoms with Gasteiger partial charge in [0.05, 0.1) is 6.54 Å². The number of hydrogen-bond acceptors (Lipinski definition) is 3. The highest BCUT2D eigenvalue weighted by molar-refractivity contribution is 5.87. The first-order chi connectivity index (χ1) is 15.0. The maximum Gasteiger partial charge on any atom is 0.237 e. The molecule has 3 aromatic rings. The quantitative estimate of drug-likeness (QED) is 0.640. The fraction of sp³-hybridized carbons (Fsp3) is 0.423. The zero-order valence-corrected chi connectivity index (χ0v) is 20.0. The van der Waals surface area contributed by atoms with Crippen LogP contribution in [-0.2, 0) is 17.8 Å². The fourth-order valence-electron chi connectivity index (χ4n) is 5.06. The second kappa shape index (κ2) is 9.16. The number of nitrogens with zero attached hydrogens (tertiary/aromatic N) is 3. The summed E-state index contributed by atoms with van der Waals surface area (Å²) < 4.78 is 0. The molecule has 170 valence electrons. The van der Waals surface area contributed by atoms with Gasteiger partial charge in [-0.1, -0.05) is 23.8 Å². The van der Waals surface area contributed by atoms with Crippen molar-refractivity contribution in [3.63, 3.8) is 0 Å². The third kappa shape index (κ3) is 4.24. The van der Waals surface area contributed by atoms with Gasteiger partial charge in [-0.25, -0.2) is 0 Å². The number of benzene rings is 2. The molecule has 0 spiro atoms. The molecule has 2 aromatic carbocycles. The minimum Gasteiger partial charge on any atom is -1.00 e. The van der Waals surface area contributed by atoms with Crippen LogP contribution >= 0.6 is 0 Å². The predicted molar refractivity (Wildman–Crippen MR) is 127 cm³/mol. The number of amides is 1. The molecule has 0 aliphatic carbocycles. The molecule has 2 aliphatic rings. The number of anilines is 1. The lowest BCUT2D eigenvalue weighted by Crippen LogP contribution is -3.00. The van der Waals surface area contributed by atoms with Gasteiger partial charge in [-0.15, -0.1) is 0 Å². The first-order valence-corrected chi connectivity index (χ1v) is 11.4. The number of halogens is 1. The summed E-state index contributed by atoms with van der Waals surface area (Å²) in [6.07, 6.45) is 0.912. The van der Waals surface area contributed by atoms with Gasteiger partial charge in [-0.2, -0.15) is 0 Å². The zero-order chi connectivity index (χ0) is 21.5. The molecule has 0 atom stereocenters. The van der Waals surface area contributed by atoms with Gasteiger partial charge in [0.25, 0.3) is 0 Å². The smallest absolute Gasteiger partial charge is 0.237 e. The van der Waals surface area contributed by atoms with Gasteiger partial charge in [-0.05, 0) is 50.1 Å². The molecule has 5 rings (SSSR count). The Morgan fingerprint density at radius 2 is 1.78 bits per heavy atom. The molecule has 1 N–H and O–H groups in total. The summed E-state index contributed by atoms with van der Waals surface area (Å²) in [7, 11) is 0. The lowest BCUT2D eigenvalue weighted by molar-refractivity contribution is -0.133. The van der Waals surface area contributed by atoms with Crippen LogP contribution in [0.15, 0.2) is 36.4 Å². The number of carbonyl (C=O) groups excluding carboxylic acids is 1. The van der Waals surface area contributed by atoms with Crippen LogP contribution in [-0.4, -0.2) is 60.0 Å². The summed E-state index contributed by atoms with van der Waals surface area (Å²) in [5, 5.41) is 1.27. The van der Waals surface area contributed by atoms with E-state index in [4.69, 9.17) is 0 Å². The molecule has 5 nitrogen and oxygen atoms in total. The number of carbonyl (C=O) groups is 1. The van der Waals surface area contributed by atoms with Crippen molar-refractivity contribution in [2.24, 2.45) is 0 Å². The molecule has 0 bridgehead atoms. The topological polar surface area (TPSA) is 42.6 Å². The summed E-state index contributed by atoms with van der Waals surface area (Å²) in [4.78, 5) is 23.5. The number of nitrogens with one attached hydrogen (secondary N) is 1. The molecule has 1 fully saturated rings. The Morgan fingerprint density at radius 3 is 2.56 bits per heavy atom. The maximum absolute atomic E-state index is 13.1. The van der Waals surface area contributed by atoms with Crippen LogP contribution in [0.1, 0.15) is 27.9 Å². The van der Waals surface area contributed by atoms with Gasteiger partial charge in [0.15, 0.2) is 0 Å². The van der Waals surface area contributed by atoms with E-state index in [2.05, 4.69) is 76.9 Å². The van der Waals surface area contributed by atoms with Crippen molar-refractivity contribution >= 4 is 22.5 Å². The zero-order valence-electron chi connectivity index (χ0n) is 19.2. The van der Waals surface area contributed by atoms with Crippen molar-refractivity contribution in [1.29, 1.82) is 0 Å². The van der Waals surface area contributed by atoms with E-state index in [9.17, 15) is 4.79 Å². The minimum absolute atomic E-state index is 0. The van der Waals surface area contributed by atoms with Gasteiger partial charge in [0.2, 0.25) is 5.91 Å². The van der Waals surface area contributed by atoms with Crippen LogP contribution in [0.2, 0.25) is 0 Å². The molecular weight excluding hydrogens is 420 g/mol. The average molecular weight is 452 g/mol. The van der Waals surface area contributed by atoms with E-state index in [1.165, 1.54) is 44.5 Å². The van der Waals surface area contributed by atoms with Gasteiger partial charge in [0.1, 0.15) is 0 Å². The predicted octanol–water partition coefficient (Wildman–Crippen LogP) is 0.804. The van der Waals surface area contributed by atoms with E-state index in [0.29, 0.717) is 6.54 Å². The first kappa shape index (κ1) is 22.7. The molecular formula is C26H32ClN4O-. The summed E-state index contributed by atoms with van der Waals surface area (Å²) in [6, 6.07) is 13.1. The molecule has 0 saturated carbocycles. The largest absolute Gasteiger partial charge is 1.00 e. The minimum atomic E-state index is 0. The molecule has 0 radical (unpaired) electrons. The monoisotopic (exact) mass is 451 g/mol. The van der Waals surface area contributed by atoms with E-state index < -0.39 is 0 Å². The molecule has 3 heterocycles. The van der Waals surface area contributed by atoms with Gasteiger partial charge in [-0.3, -0.25) is 9.69 Å². The molecule has 32 heavy (non-hydrogen) atoms. The molecule has 1 aromatic heterocycles. The lowest BCUT2D eigenvalue weighted by Gasteiger charge is -2.38. The van der Waals surface area contributed by atoms with Crippen molar-refractivity contribution in [1.82, 2.24) is 14.8 Å². The average Bonchev–Trinajstić information content (AvgIpc) is 3.13. The number of aryl methyl sites for hydroxylation is 2. The Bertz CT molecular complexity index is 1130. The highest BCUT2D eigenvalue weighted by Gasteiger charge is 2.27. The van der Waals surface area contributed by atoms with Crippen LogP contribution in [0.25, 0.3) is 10.9 Å². The third-order valence-electron chi connectivity index (χ3n) is 7.13. The Hall–Kier alpha value is -2.50. The van der Waals surface area contributed by atoms with Crippen molar-refractivity contribution in [3.05, 3.63) is 64.3 Å². The number of aromatic amines is 1. The Morgan fingerprint density at radius 1 is 1.00 bits per heavy atom. The molecule has 1 amide bonds. The van der Waals surface area contributed by atoms with Crippen LogP contribution in [0, 0.1) is 20.8 Å². The number of aromatic nitrogens is 1. The summed E-state index contributed by atoms with van der Waals surface area (Å²) >= 11 is 0. The van der Waals surface area contributed by atoms with E-state index in [0.717, 1.165) is 45.7 Å². The third-order valence-corrected chi connectivity index (χ3v) is 7.13. The van der Waals surface area contributed by atoms with E-state index >= 15 is 0 Å². The van der Waals surface area contributed by atoms with Gasteiger partial charge >= 0.3 is 0 Å². The highest BCUT2D eigenvalue weighted by Crippen LogP contribution is 2.29. The number of fused-ring (bicyclic) bond motifs is 3. The number of hydrogen-bond donors (Lipinski definition) is 1. The van der Waals surface area contributed by atoms with Gasteiger partial charge in [0, 0.05) is 73.5 Å². The van der Waals surface area contributed by atoms with Crippen molar-refractivity contribution in [3.8, 4) is 0 Å². The summed E-state index contributed by atoms with van der Waals surface area (Å²) in [5.74, 6) is 0.257. The lowest BCUT2D eigenvalue weighted by atomic mass is 10.0. The second-order valence-electron chi connectivity index (χ2n) is 9.18. The summed E-state index contributed by atoms with van der Waals surface area (Å²) in [6.45, 7) is 12.4. The fourth-order valence-corrected chi connectivity index (χ4v) is 5.06. The number of piperazine rings is 1. The Labute approximate surface area is 196 Å². The molecule has 1 saturated heterocycles. The van der Waals surface area contributed by atoms with Crippen molar-refractivity contribution in [2.45, 2.75) is 33.7 Å². The molecule has 0 unspecified atom stereocenters. The number of rotatable bonds is 3. The maximum atomic E-state index is 13.1. The highest BCUT2D eigenvalue weighted by atomic mass is 35.5. The van der Waals surface area contributed by atoms with E-state index in [1.54, 1.807) is 0 Å². The SMILES string of the molecule is Cc1ccc2[nH]c3c(c2c1)CN(C(=O)CN1CCN(c2cccc(C)c2C)CC1)CC3.[Cl-]. The summed E-state index contributed by atoms with van der Waals surface area (Å²) in [5.41, 5.74) is 9.10. The normalized spacial score (nSPS) is 16.7. The van der Waals surface area contributed by atoms with Gasteiger partial charge < -0.3 is 27.2 Å². The van der Waals surface area contributed by atoms with Crippen LogP contribution in [0.4, 0.5) is 5.69 Å². The molecule has 2 aliphatic heterocycles. The van der Waals surface area contributed by atoms with E-state index in [-0.39, 0.29) is 18.3 Å².